The molecule has 1 aromatic carbocycles. The van der Waals surface area contributed by atoms with Crippen LogP contribution < -0.4 is 11.1 Å². The summed E-state index contributed by atoms with van der Waals surface area (Å²) in [5, 5.41) is 3.20. The van der Waals surface area contributed by atoms with Crippen LogP contribution >= 0.6 is 0 Å². The third kappa shape index (κ3) is 3.29. The average molecular weight is 286 g/mol. The molecule has 0 heterocycles. The Kier molecular flexibility index (Phi) is 4.03. The van der Waals surface area contributed by atoms with Crippen molar-refractivity contribution in [2.24, 2.45) is 11.7 Å². The summed E-state index contributed by atoms with van der Waals surface area (Å²) in [6.45, 7) is 2.02. The second kappa shape index (κ2) is 5.80. The fourth-order valence-electron chi connectivity index (χ4n) is 3.42. The molecule has 0 bridgehead atoms. The van der Waals surface area contributed by atoms with Gasteiger partial charge in [0.15, 0.2) is 0 Å². The molecule has 114 valence electrons. The van der Waals surface area contributed by atoms with Crippen molar-refractivity contribution >= 4 is 5.91 Å². The Labute approximate surface area is 127 Å². The molecule has 1 aromatic rings. The molecule has 3 heteroatoms. The minimum absolute atomic E-state index is 0.00843. The van der Waals surface area contributed by atoms with Gasteiger partial charge in [-0.15, -0.1) is 0 Å². The molecule has 1 unspecified atom stereocenters. The Hall–Kier alpha value is -1.35. The van der Waals surface area contributed by atoms with E-state index >= 15 is 0 Å². The van der Waals surface area contributed by atoms with Crippen molar-refractivity contribution in [2.45, 2.75) is 63.5 Å². The van der Waals surface area contributed by atoms with Crippen molar-refractivity contribution < 1.29 is 4.79 Å². The zero-order valence-electron chi connectivity index (χ0n) is 12.9. The van der Waals surface area contributed by atoms with Gasteiger partial charge in [-0.05, 0) is 43.2 Å². The first-order valence-corrected chi connectivity index (χ1v) is 8.26. The zero-order chi connectivity index (χ0) is 14.9. The lowest BCUT2D eigenvalue weighted by molar-refractivity contribution is -0.125. The van der Waals surface area contributed by atoms with Crippen molar-refractivity contribution in [1.82, 2.24) is 5.32 Å². The van der Waals surface area contributed by atoms with Gasteiger partial charge in [-0.1, -0.05) is 44.0 Å². The van der Waals surface area contributed by atoms with E-state index in [1.165, 1.54) is 24.0 Å². The van der Waals surface area contributed by atoms with Crippen LogP contribution in [0.3, 0.4) is 0 Å². The molecule has 3 nitrogen and oxygen atoms in total. The largest absolute Gasteiger partial charge is 0.353 e. The number of nitrogens with two attached hydrogens (primary N) is 1. The summed E-state index contributed by atoms with van der Waals surface area (Å²) < 4.78 is 0. The van der Waals surface area contributed by atoms with E-state index in [9.17, 15) is 4.79 Å². The first-order valence-electron chi connectivity index (χ1n) is 8.26. The minimum atomic E-state index is -0.127. The summed E-state index contributed by atoms with van der Waals surface area (Å²) in [4.78, 5) is 12.3. The number of benzene rings is 1. The van der Waals surface area contributed by atoms with E-state index in [2.05, 4.69) is 23.5 Å². The first-order chi connectivity index (χ1) is 10.1. The summed E-state index contributed by atoms with van der Waals surface area (Å²) >= 11 is 0. The van der Waals surface area contributed by atoms with Crippen molar-refractivity contribution in [1.29, 1.82) is 0 Å². The third-order valence-electron chi connectivity index (χ3n) is 5.02. The monoisotopic (exact) mass is 286 g/mol. The number of hydrogen-bond acceptors (Lipinski definition) is 2. The Morgan fingerprint density at radius 2 is 2.00 bits per heavy atom. The Morgan fingerprint density at radius 3 is 2.67 bits per heavy atom. The molecule has 2 aliphatic carbocycles. The Morgan fingerprint density at radius 1 is 1.33 bits per heavy atom. The maximum absolute atomic E-state index is 12.3. The van der Waals surface area contributed by atoms with Crippen LogP contribution in [0.15, 0.2) is 24.3 Å². The molecule has 3 rings (SSSR count). The van der Waals surface area contributed by atoms with Crippen LogP contribution in [0.4, 0.5) is 0 Å². The predicted octanol–water partition coefficient (Wildman–Crippen LogP) is 2.87. The molecular weight excluding hydrogens is 260 g/mol. The zero-order valence-corrected chi connectivity index (χ0v) is 12.9. The van der Waals surface area contributed by atoms with Crippen LogP contribution in [0.5, 0.6) is 0 Å². The molecular formula is C18H26N2O. The van der Waals surface area contributed by atoms with Gasteiger partial charge in [-0.3, -0.25) is 4.79 Å². The molecule has 21 heavy (non-hydrogen) atoms. The highest BCUT2D eigenvalue weighted by molar-refractivity contribution is 5.79. The van der Waals surface area contributed by atoms with Crippen molar-refractivity contribution in [3.8, 4) is 0 Å². The lowest BCUT2D eigenvalue weighted by Crippen LogP contribution is -2.37. The van der Waals surface area contributed by atoms with Crippen LogP contribution in [0.1, 0.15) is 56.6 Å². The van der Waals surface area contributed by atoms with Gasteiger partial charge < -0.3 is 11.1 Å². The smallest absolute Gasteiger partial charge is 0.223 e. The Balaban J connectivity index is 1.64. The quantitative estimate of drug-likeness (QED) is 0.874. The molecule has 0 spiro atoms. The Bertz CT molecular complexity index is 516. The van der Waals surface area contributed by atoms with Gasteiger partial charge in [0.2, 0.25) is 5.91 Å². The molecule has 1 atom stereocenters. The van der Waals surface area contributed by atoms with Gasteiger partial charge in [-0.2, -0.15) is 0 Å². The number of nitrogens with one attached hydrogen (secondary N) is 1. The summed E-state index contributed by atoms with van der Waals surface area (Å²) in [6.07, 6.45) is 7.69. The highest BCUT2D eigenvalue weighted by Crippen LogP contribution is 2.44. The SMILES string of the molecule is CC(Cc1ccccc1C1(N)CC1)C(=O)NC1CCCC1. The number of carbonyl (C=O) groups excluding carboxylic acids is 1. The molecule has 3 N–H and O–H groups in total. The van der Waals surface area contributed by atoms with Gasteiger partial charge >= 0.3 is 0 Å². The second-order valence-corrected chi connectivity index (χ2v) is 6.91. The van der Waals surface area contributed by atoms with Crippen molar-refractivity contribution in [3.63, 3.8) is 0 Å². The van der Waals surface area contributed by atoms with Crippen LogP contribution in [0, 0.1) is 5.92 Å². The van der Waals surface area contributed by atoms with E-state index < -0.39 is 0 Å². The molecule has 2 aliphatic rings. The number of rotatable bonds is 5. The van der Waals surface area contributed by atoms with Crippen molar-refractivity contribution in [2.75, 3.05) is 0 Å². The number of carbonyl (C=O) groups is 1. The first kappa shape index (κ1) is 14.6. The molecule has 2 saturated carbocycles. The molecule has 1 amide bonds. The van der Waals surface area contributed by atoms with Crippen LogP contribution in [0.25, 0.3) is 0 Å². The maximum Gasteiger partial charge on any atom is 0.223 e. The molecule has 0 aromatic heterocycles. The summed E-state index contributed by atoms with van der Waals surface area (Å²) in [5.74, 6) is 0.202. The van der Waals surface area contributed by atoms with Gasteiger partial charge in [0.25, 0.3) is 0 Å². The van der Waals surface area contributed by atoms with Crippen molar-refractivity contribution in [3.05, 3.63) is 35.4 Å². The van der Waals surface area contributed by atoms with Gasteiger partial charge in [0.05, 0.1) is 0 Å². The fraction of sp³-hybridized carbons (Fsp3) is 0.611. The molecule has 2 fully saturated rings. The number of hydrogen-bond donors (Lipinski definition) is 2. The molecule has 0 saturated heterocycles. The van der Waals surface area contributed by atoms with Gasteiger partial charge in [0.1, 0.15) is 0 Å². The van der Waals surface area contributed by atoms with E-state index in [1.54, 1.807) is 0 Å². The minimum Gasteiger partial charge on any atom is -0.353 e. The van der Waals surface area contributed by atoms with Crippen LogP contribution in [-0.2, 0) is 16.8 Å². The third-order valence-corrected chi connectivity index (χ3v) is 5.02. The second-order valence-electron chi connectivity index (χ2n) is 6.91. The van der Waals surface area contributed by atoms with E-state index in [0.29, 0.717) is 6.04 Å². The van der Waals surface area contributed by atoms with Crippen LogP contribution in [-0.4, -0.2) is 11.9 Å². The summed E-state index contributed by atoms with van der Waals surface area (Å²) in [7, 11) is 0. The van der Waals surface area contributed by atoms with Gasteiger partial charge in [-0.25, -0.2) is 0 Å². The van der Waals surface area contributed by atoms with E-state index in [-0.39, 0.29) is 17.4 Å². The lowest BCUT2D eigenvalue weighted by Gasteiger charge is -2.20. The van der Waals surface area contributed by atoms with E-state index in [4.69, 9.17) is 5.73 Å². The fourth-order valence-corrected chi connectivity index (χ4v) is 3.42. The molecule has 0 aliphatic heterocycles. The summed E-state index contributed by atoms with van der Waals surface area (Å²) in [6, 6.07) is 8.76. The highest BCUT2D eigenvalue weighted by atomic mass is 16.1. The standard InChI is InChI=1S/C18H26N2O/c1-13(17(21)20-15-7-3-4-8-15)12-14-6-2-5-9-16(14)18(19)10-11-18/h2,5-6,9,13,15H,3-4,7-8,10-12,19H2,1H3,(H,20,21). The maximum atomic E-state index is 12.3. The van der Waals surface area contributed by atoms with Crippen LogP contribution in [0.2, 0.25) is 0 Å². The van der Waals surface area contributed by atoms with E-state index in [0.717, 1.165) is 32.1 Å². The van der Waals surface area contributed by atoms with Gasteiger partial charge in [0, 0.05) is 17.5 Å². The molecule has 0 radical (unpaired) electrons. The lowest BCUT2D eigenvalue weighted by atomic mass is 9.91. The highest BCUT2D eigenvalue weighted by Gasteiger charge is 2.41. The predicted molar refractivity (Wildman–Crippen MR) is 84.8 cm³/mol. The normalized spacial score (nSPS) is 22.0. The average Bonchev–Trinajstić information content (AvgIpc) is 3.01. The van der Waals surface area contributed by atoms with E-state index in [1.807, 2.05) is 13.0 Å². The number of amides is 1. The summed E-state index contributed by atoms with van der Waals surface area (Å²) in [5.41, 5.74) is 8.71. The topological polar surface area (TPSA) is 55.1 Å².